The summed E-state index contributed by atoms with van der Waals surface area (Å²) in [6.07, 6.45) is -2.98. The number of benzene rings is 1. The molecule has 43 heavy (non-hydrogen) atoms. The molecule has 1 saturated heterocycles. The number of carbonyl (C=O) groups excluding carboxylic acids is 2. The summed E-state index contributed by atoms with van der Waals surface area (Å²) in [5.74, 6) is -0.182. The van der Waals surface area contributed by atoms with Gasteiger partial charge in [-0.3, -0.25) is 9.59 Å². The fraction of sp³-hybridized carbons (Fsp3) is 0.345. The summed E-state index contributed by atoms with van der Waals surface area (Å²) in [6.45, 7) is 11.3. The van der Waals surface area contributed by atoms with Crippen molar-refractivity contribution in [1.29, 1.82) is 0 Å². The van der Waals surface area contributed by atoms with Crippen LogP contribution in [-0.4, -0.2) is 65.0 Å². The van der Waals surface area contributed by atoms with Gasteiger partial charge in [-0.2, -0.15) is 23.1 Å². The first kappa shape index (κ1) is 31.1. The second-order valence-electron chi connectivity index (χ2n) is 10.7. The van der Waals surface area contributed by atoms with Gasteiger partial charge in [0.25, 0.3) is 0 Å². The first-order valence-corrected chi connectivity index (χ1v) is 13.4. The highest BCUT2D eigenvalue weighted by atomic mass is 19.4. The average Bonchev–Trinajstić information content (AvgIpc) is 2.96. The van der Waals surface area contributed by atoms with Crippen LogP contribution in [0.15, 0.2) is 55.3 Å². The van der Waals surface area contributed by atoms with Gasteiger partial charge in [0.1, 0.15) is 22.9 Å². The Bertz CT molecular complexity index is 1500. The minimum atomic E-state index is -4.74. The van der Waals surface area contributed by atoms with Crippen molar-refractivity contribution in [2.75, 3.05) is 54.1 Å². The molecule has 2 amide bonds. The number of hydrogen-bond acceptors (Lipinski definition) is 9. The molecule has 0 radical (unpaired) electrons. The number of carbonyl (C=O) groups is 2. The molecule has 0 saturated carbocycles. The van der Waals surface area contributed by atoms with Gasteiger partial charge in [-0.05, 0) is 36.4 Å². The fourth-order valence-corrected chi connectivity index (χ4v) is 4.34. The third kappa shape index (κ3) is 7.70. The third-order valence-corrected chi connectivity index (χ3v) is 6.49. The van der Waals surface area contributed by atoms with Crippen molar-refractivity contribution in [1.82, 2.24) is 19.9 Å². The summed E-state index contributed by atoms with van der Waals surface area (Å²) in [6, 6.07) is 9.56. The first-order valence-electron chi connectivity index (χ1n) is 13.4. The average molecular weight is 599 g/mol. The van der Waals surface area contributed by atoms with E-state index in [0.717, 1.165) is 6.08 Å². The van der Waals surface area contributed by atoms with E-state index >= 15 is 0 Å². The molecule has 3 heterocycles. The van der Waals surface area contributed by atoms with Crippen LogP contribution in [0.3, 0.4) is 0 Å². The van der Waals surface area contributed by atoms with Crippen LogP contribution >= 0.6 is 0 Å². The Hall–Kier alpha value is -4.88. The Morgan fingerprint density at radius 1 is 1.00 bits per heavy atom. The minimum Gasteiger partial charge on any atom is -0.479 e. The number of piperazine rings is 1. The molecular weight excluding hydrogens is 565 g/mol. The summed E-state index contributed by atoms with van der Waals surface area (Å²) in [4.78, 5) is 40.6. The Morgan fingerprint density at radius 2 is 1.70 bits per heavy atom. The number of rotatable bonds is 8. The van der Waals surface area contributed by atoms with E-state index in [2.05, 4.69) is 37.5 Å². The monoisotopic (exact) mass is 598 g/mol. The summed E-state index contributed by atoms with van der Waals surface area (Å²) in [5, 5.41) is 8.11. The number of nitrogens with one attached hydrogen (secondary N) is 3. The van der Waals surface area contributed by atoms with Crippen LogP contribution in [0.5, 0.6) is 5.88 Å². The van der Waals surface area contributed by atoms with E-state index in [4.69, 9.17) is 4.74 Å². The number of alkyl halides is 3. The number of nitrogens with zero attached hydrogens (tertiary/aromatic N) is 5. The van der Waals surface area contributed by atoms with Crippen molar-refractivity contribution in [2.24, 2.45) is 5.41 Å². The number of halogens is 3. The fourth-order valence-electron chi connectivity index (χ4n) is 4.34. The van der Waals surface area contributed by atoms with Gasteiger partial charge in [0.05, 0.1) is 7.11 Å². The first-order chi connectivity index (χ1) is 20.3. The van der Waals surface area contributed by atoms with Crippen molar-refractivity contribution >= 4 is 46.5 Å². The van der Waals surface area contributed by atoms with Crippen LogP contribution in [0, 0.1) is 5.41 Å². The number of amides is 2. The number of hydrogen-bond donors (Lipinski definition) is 3. The van der Waals surface area contributed by atoms with E-state index in [0.29, 0.717) is 49.6 Å². The van der Waals surface area contributed by atoms with E-state index in [-0.39, 0.29) is 23.4 Å². The molecule has 0 spiro atoms. The summed E-state index contributed by atoms with van der Waals surface area (Å²) in [7, 11) is 1.43. The molecule has 1 aliphatic heterocycles. The van der Waals surface area contributed by atoms with Crippen LogP contribution < -0.4 is 25.6 Å². The van der Waals surface area contributed by atoms with Crippen molar-refractivity contribution in [3.05, 3.63) is 60.8 Å². The van der Waals surface area contributed by atoms with E-state index in [9.17, 15) is 22.8 Å². The lowest BCUT2D eigenvalue weighted by atomic mass is 9.94. The number of methoxy groups -OCH3 is 1. The molecule has 1 aromatic carbocycles. The molecule has 11 nitrogen and oxygen atoms in total. The smallest absolute Gasteiger partial charge is 0.421 e. The van der Waals surface area contributed by atoms with Gasteiger partial charge in [-0.15, -0.1) is 0 Å². The van der Waals surface area contributed by atoms with Crippen LogP contribution in [0.4, 0.5) is 47.8 Å². The van der Waals surface area contributed by atoms with Crippen molar-refractivity contribution in [3.63, 3.8) is 0 Å². The highest BCUT2D eigenvalue weighted by molar-refractivity contribution is 5.99. The van der Waals surface area contributed by atoms with Gasteiger partial charge in [-0.25, -0.2) is 4.98 Å². The van der Waals surface area contributed by atoms with Gasteiger partial charge in [0, 0.05) is 49.2 Å². The van der Waals surface area contributed by atoms with Crippen molar-refractivity contribution in [3.8, 4) is 5.88 Å². The second-order valence-corrected chi connectivity index (χ2v) is 10.7. The van der Waals surface area contributed by atoms with Crippen LogP contribution in [0.2, 0.25) is 0 Å². The summed E-state index contributed by atoms with van der Waals surface area (Å²) in [5.41, 5.74) is -0.588. The van der Waals surface area contributed by atoms with Gasteiger partial charge >= 0.3 is 6.18 Å². The maximum Gasteiger partial charge on any atom is 0.421 e. The molecule has 3 aromatic rings. The zero-order valence-corrected chi connectivity index (χ0v) is 24.2. The normalized spacial score (nSPS) is 13.7. The predicted octanol–water partition coefficient (Wildman–Crippen LogP) is 5.21. The van der Waals surface area contributed by atoms with Gasteiger partial charge in [0.15, 0.2) is 0 Å². The molecule has 4 rings (SSSR count). The molecule has 2 aromatic heterocycles. The molecule has 3 N–H and O–H groups in total. The van der Waals surface area contributed by atoms with E-state index < -0.39 is 28.9 Å². The summed E-state index contributed by atoms with van der Waals surface area (Å²) >= 11 is 0. The Labute approximate surface area is 247 Å². The SMILES string of the molecule is C=CC(=O)Nc1cccc(Nc2nc(Nc3ccc(N4CCN(C(=O)C(C)(C)C)CC4)nc3OC)ncc2C(F)(F)F)c1. The van der Waals surface area contributed by atoms with Gasteiger partial charge < -0.3 is 30.5 Å². The number of ether oxygens (including phenoxy) is 1. The Kier molecular flexibility index (Phi) is 9.07. The predicted molar refractivity (Wildman–Crippen MR) is 158 cm³/mol. The molecule has 1 aliphatic rings. The van der Waals surface area contributed by atoms with Crippen molar-refractivity contribution in [2.45, 2.75) is 26.9 Å². The van der Waals surface area contributed by atoms with E-state index in [1.54, 1.807) is 24.3 Å². The maximum atomic E-state index is 13.8. The zero-order chi connectivity index (χ0) is 31.4. The highest BCUT2D eigenvalue weighted by Crippen LogP contribution is 2.36. The molecule has 0 aliphatic carbocycles. The van der Waals surface area contributed by atoms with Crippen LogP contribution in [0.25, 0.3) is 0 Å². The molecule has 228 valence electrons. The number of aromatic nitrogens is 3. The second kappa shape index (κ2) is 12.5. The lowest BCUT2D eigenvalue weighted by Crippen LogP contribution is -2.51. The lowest BCUT2D eigenvalue weighted by Gasteiger charge is -2.38. The molecule has 1 fully saturated rings. The Morgan fingerprint density at radius 3 is 2.33 bits per heavy atom. The molecular formula is C29H33F3N8O3. The molecule has 14 heteroatoms. The zero-order valence-electron chi connectivity index (χ0n) is 24.2. The topological polar surface area (TPSA) is 125 Å². The van der Waals surface area contributed by atoms with E-state index in [1.807, 2.05) is 30.6 Å². The maximum absolute atomic E-state index is 13.8. The third-order valence-electron chi connectivity index (χ3n) is 6.49. The largest absolute Gasteiger partial charge is 0.479 e. The highest BCUT2D eigenvalue weighted by Gasteiger charge is 2.35. The summed E-state index contributed by atoms with van der Waals surface area (Å²) < 4.78 is 46.9. The Balaban J connectivity index is 1.54. The van der Waals surface area contributed by atoms with Gasteiger partial charge in [-0.1, -0.05) is 33.4 Å². The van der Waals surface area contributed by atoms with E-state index in [1.165, 1.54) is 19.2 Å². The molecule has 0 unspecified atom stereocenters. The van der Waals surface area contributed by atoms with Crippen LogP contribution in [0.1, 0.15) is 26.3 Å². The number of anilines is 6. The standard InChI is InChI=1S/C29H33F3N8O3/c1-6-23(41)34-18-8-7-9-19(16-18)35-24-20(29(30,31)32)17-33-27(38-24)36-21-10-11-22(37-25(21)43-5)39-12-14-40(15-13-39)26(42)28(2,3)4/h6-11,16-17H,1,12-15H2,2-5H3,(H,34,41)(H2,33,35,36,38). The molecule has 0 atom stereocenters. The lowest BCUT2D eigenvalue weighted by molar-refractivity contribution is -0.140. The molecule has 0 bridgehead atoms. The van der Waals surface area contributed by atoms with Gasteiger partial charge in [0.2, 0.25) is 23.6 Å². The van der Waals surface area contributed by atoms with Crippen LogP contribution in [-0.2, 0) is 15.8 Å². The van der Waals surface area contributed by atoms with Crippen molar-refractivity contribution < 1.29 is 27.5 Å². The minimum absolute atomic E-state index is 0.0924. The number of pyridine rings is 1. The quantitative estimate of drug-likeness (QED) is 0.300.